The summed E-state index contributed by atoms with van der Waals surface area (Å²) in [7, 11) is 0. The molecule has 78 valence electrons. The van der Waals surface area contributed by atoms with E-state index < -0.39 is 0 Å². The molecule has 2 aromatic rings. The standard InChI is InChI=1S/C12H14N2O/c1-10(14-8-7-13-12(14)15)9-11-5-3-2-4-6-11/h2-8,10H,9H2,1H3,(H,13,15). The van der Waals surface area contributed by atoms with Crippen molar-refractivity contribution in [2.45, 2.75) is 19.4 Å². The highest BCUT2D eigenvalue weighted by molar-refractivity contribution is 5.15. The molecule has 1 atom stereocenters. The van der Waals surface area contributed by atoms with E-state index in [-0.39, 0.29) is 11.7 Å². The van der Waals surface area contributed by atoms with Crippen molar-refractivity contribution >= 4 is 0 Å². The average molecular weight is 202 g/mol. The Morgan fingerprint density at radius 2 is 2.07 bits per heavy atom. The second-order valence-corrected chi connectivity index (χ2v) is 3.71. The van der Waals surface area contributed by atoms with Gasteiger partial charge in [0.15, 0.2) is 0 Å². The van der Waals surface area contributed by atoms with Crippen molar-refractivity contribution in [1.29, 1.82) is 0 Å². The van der Waals surface area contributed by atoms with Crippen LogP contribution in [0.15, 0.2) is 47.5 Å². The average Bonchev–Trinajstić information content (AvgIpc) is 2.66. The van der Waals surface area contributed by atoms with Gasteiger partial charge in [0.2, 0.25) is 0 Å². The van der Waals surface area contributed by atoms with Gasteiger partial charge in [0.1, 0.15) is 0 Å². The number of hydrogen-bond acceptors (Lipinski definition) is 1. The van der Waals surface area contributed by atoms with Crippen LogP contribution in [0, 0.1) is 0 Å². The van der Waals surface area contributed by atoms with Gasteiger partial charge in [-0.2, -0.15) is 0 Å². The van der Waals surface area contributed by atoms with E-state index in [0.717, 1.165) is 6.42 Å². The van der Waals surface area contributed by atoms with Crippen LogP contribution in [0.3, 0.4) is 0 Å². The van der Waals surface area contributed by atoms with Crippen molar-refractivity contribution < 1.29 is 0 Å². The van der Waals surface area contributed by atoms with Crippen LogP contribution in [0.5, 0.6) is 0 Å². The molecule has 3 heteroatoms. The Morgan fingerprint density at radius 3 is 2.67 bits per heavy atom. The molecule has 0 fully saturated rings. The fourth-order valence-corrected chi connectivity index (χ4v) is 1.73. The Bertz CT molecular complexity index is 470. The maximum absolute atomic E-state index is 11.4. The highest BCUT2D eigenvalue weighted by Crippen LogP contribution is 2.11. The van der Waals surface area contributed by atoms with Crippen molar-refractivity contribution in [3.63, 3.8) is 0 Å². The van der Waals surface area contributed by atoms with E-state index in [2.05, 4.69) is 17.1 Å². The summed E-state index contributed by atoms with van der Waals surface area (Å²) in [5, 5.41) is 0. The molecule has 0 bridgehead atoms. The smallest absolute Gasteiger partial charge is 0.313 e. The molecule has 0 aliphatic heterocycles. The summed E-state index contributed by atoms with van der Waals surface area (Å²) in [6, 6.07) is 10.4. The molecule has 0 spiro atoms. The molecule has 1 aromatic carbocycles. The number of hydrogen-bond donors (Lipinski definition) is 1. The molecule has 0 saturated carbocycles. The zero-order valence-electron chi connectivity index (χ0n) is 8.68. The highest BCUT2D eigenvalue weighted by Gasteiger charge is 2.07. The zero-order chi connectivity index (χ0) is 10.7. The van der Waals surface area contributed by atoms with Gasteiger partial charge >= 0.3 is 5.69 Å². The number of aromatic amines is 1. The lowest BCUT2D eigenvalue weighted by Crippen LogP contribution is -2.21. The first-order valence-corrected chi connectivity index (χ1v) is 5.07. The number of aromatic nitrogens is 2. The van der Waals surface area contributed by atoms with Crippen LogP contribution in [0.1, 0.15) is 18.5 Å². The first-order chi connectivity index (χ1) is 7.27. The molecular formula is C12H14N2O. The van der Waals surface area contributed by atoms with Crippen LogP contribution >= 0.6 is 0 Å². The second kappa shape index (κ2) is 4.17. The quantitative estimate of drug-likeness (QED) is 0.812. The van der Waals surface area contributed by atoms with Crippen LogP contribution < -0.4 is 5.69 Å². The van der Waals surface area contributed by atoms with E-state index in [0.29, 0.717) is 0 Å². The monoisotopic (exact) mass is 202 g/mol. The highest BCUT2D eigenvalue weighted by atomic mass is 16.1. The predicted molar refractivity (Wildman–Crippen MR) is 59.9 cm³/mol. The summed E-state index contributed by atoms with van der Waals surface area (Å²) in [5.41, 5.74) is 1.21. The van der Waals surface area contributed by atoms with Crippen molar-refractivity contribution in [3.05, 3.63) is 58.8 Å². The largest absolute Gasteiger partial charge is 0.325 e. The van der Waals surface area contributed by atoms with Gasteiger partial charge in [-0.3, -0.25) is 4.57 Å². The molecule has 0 aliphatic rings. The number of rotatable bonds is 3. The Balaban J connectivity index is 2.14. The Hall–Kier alpha value is -1.77. The summed E-state index contributed by atoms with van der Waals surface area (Å²) in [4.78, 5) is 14.0. The van der Waals surface area contributed by atoms with Crippen molar-refractivity contribution in [2.75, 3.05) is 0 Å². The molecule has 3 nitrogen and oxygen atoms in total. The van der Waals surface area contributed by atoms with E-state index in [4.69, 9.17) is 0 Å². The molecule has 1 N–H and O–H groups in total. The molecule has 15 heavy (non-hydrogen) atoms. The molecule has 0 saturated heterocycles. The van der Waals surface area contributed by atoms with Gasteiger partial charge < -0.3 is 4.98 Å². The summed E-state index contributed by atoms with van der Waals surface area (Å²) in [5.74, 6) is 0. The van der Waals surface area contributed by atoms with Gasteiger partial charge in [-0.15, -0.1) is 0 Å². The molecule has 0 radical (unpaired) electrons. The third kappa shape index (κ3) is 2.18. The fourth-order valence-electron chi connectivity index (χ4n) is 1.73. The minimum atomic E-state index is -0.0431. The van der Waals surface area contributed by atoms with Gasteiger partial charge in [-0.05, 0) is 18.9 Å². The Labute approximate surface area is 88.4 Å². The minimum Gasteiger partial charge on any atom is -0.313 e. The maximum atomic E-state index is 11.4. The van der Waals surface area contributed by atoms with Crippen molar-refractivity contribution in [1.82, 2.24) is 9.55 Å². The van der Waals surface area contributed by atoms with Gasteiger partial charge in [-0.25, -0.2) is 4.79 Å². The number of imidazole rings is 1. The SMILES string of the molecule is CC(Cc1ccccc1)n1cc[nH]c1=O. The minimum absolute atomic E-state index is 0.0431. The van der Waals surface area contributed by atoms with Gasteiger partial charge in [0.25, 0.3) is 0 Å². The third-order valence-electron chi connectivity index (χ3n) is 2.53. The molecular weight excluding hydrogens is 188 g/mol. The van der Waals surface area contributed by atoms with Crippen molar-refractivity contribution in [3.8, 4) is 0 Å². The van der Waals surface area contributed by atoms with E-state index in [1.807, 2.05) is 25.1 Å². The predicted octanol–water partition coefficient (Wildman–Crippen LogP) is 1.98. The van der Waals surface area contributed by atoms with Crippen LogP contribution in [-0.4, -0.2) is 9.55 Å². The number of nitrogens with one attached hydrogen (secondary N) is 1. The van der Waals surface area contributed by atoms with Crippen LogP contribution in [0.2, 0.25) is 0 Å². The van der Waals surface area contributed by atoms with Gasteiger partial charge in [0, 0.05) is 18.4 Å². The van der Waals surface area contributed by atoms with Crippen molar-refractivity contribution in [2.24, 2.45) is 0 Å². The lowest BCUT2D eigenvalue weighted by molar-refractivity contribution is 0.529. The molecule has 0 aliphatic carbocycles. The molecule has 1 heterocycles. The Morgan fingerprint density at radius 1 is 1.33 bits per heavy atom. The summed E-state index contributed by atoms with van der Waals surface area (Å²) in [6.45, 7) is 2.04. The van der Waals surface area contributed by atoms with E-state index >= 15 is 0 Å². The van der Waals surface area contributed by atoms with E-state index in [1.165, 1.54) is 5.56 Å². The third-order valence-corrected chi connectivity index (χ3v) is 2.53. The molecule has 1 unspecified atom stereocenters. The number of benzene rings is 1. The molecule has 2 rings (SSSR count). The van der Waals surface area contributed by atoms with Gasteiger partial charge in [-0.1, -0.05) is 30.3 Å². The lowest BCUT2D eigenvalue weighted by atomic mass is 10.1. The normalized spacial score (nSPS) is 12.6. The summed E-state index contributed by atoms with van der Waals surface area (Å²) < 4.78 is 1.72. The van der Waals surface area contributed by atoms with E-state index in [1.54, 1.807) is 17.0 Å². The van der Waals surface area contributed by atoms with Crippen LogP contribution in [0.4, 0.5) is 0 Å². The summed E-state index contributed by atoms with van der Waals surface area (Å²) in [6.07, 6.45) is 4.33. The van der Waals surface area contributed by atoms with Gasteiger partial charge in [0.05, 0.1) is 0 Å². The Kier molecular flexibility index (Phi) is 2.72. The maximum Gasteiger partial charge on any atom is 0.325 e. The van der Waals surface area contributed by atoms with Crippen LogP contribution in [0.25, 0.3) is 0 Å². The van der Waals surface area contributed by atoms with Crippen LogP contribution in [-0.2, 0) is 6.42 Å². The first-order valence-electron chi connectivity index (χ1n) is 5.07. The van der Waals surface area contributed by atoms with E-state index in [9.17, 15) is 4.79 Å². The topological polar surface area (TPSA) is 37.8 Å². The first kappa shape index (κ1) is 9.77. The number of H-pyrrole nitrogens is 1. The summed E-state index contributed by atoms with van der Waals surface area (Å²) >= 11 is 0. The fraction of sp³-hybridized carbons (Fsp3) is 0.250. The molecule has 1 aromatic heterocycles. The second-order valence-electron chi connectivity index (χ2n) is 3.71. The lowest BCUT2D eigenvalue weighted by Gasteiger charge is -2.11. The number of nitrogens with zero attached hydrogens (tertiary/aromatic N) is 1. The zero-order valence-corrected chi connectivity index (χ0v) is 8.68. The molecule has 0 amide bonds.